The molecule has 5 atom stereocenters. The lowest BCUT2D eigenvalue weighted by Gasteiger charge is -2.24. The van der Waals surface area contributed by atoms with Crippen LogP contribution in [0.1, 0.15) is 38.5 Å². The lowest BCUT2D eigenvalue weighted by Crippen LogP contribution is -2.32. The van der Waals surface area contributed by atoms with E-state index in [2.05, 4.69) is 11.9 Å². The van der Waals surface area contributed by atoms with Gasteiger partial charge in [-0.15, -0.1) is 0 Å². The van der Waals surface area contributed by atoms with Crippen LogP contribution in [0.4, 0.5) is 0 Å². The Morgan fingerprint density at radius 3 is 2.60 bits per heavy atom. The Morgan fingerprint density at radius 1 is 1.20 bits per heavy atom. The molecule has 0 aromatic rings. The van der Waals surface area contributed by atoms with Crippen molar-refractivity contribution in [1.29, 1.82) is 0 Å². The van der Waals surface area contributed by atoms with Gasteiger partial charge in [0.15, 0.2) is 0 Å². The highest BCUT2D eigenvalue weighted by Crippen LogP contribution is 2.50. The molecule has 2 saturated carbocycles. The van der Waals surface area contributed by atoms with E-state index in [1.165, 1.54) is 32.2 Å². The fourth-order valence-electron chi connectivity index (χ4n) is 4.40. The van der Waals surface area contributed by atoms with Crippen molar-refractivity contribution in [2.24, 2.45) is 29.4 Å². The largest absolute Gasteiger partial charge is 0.316 e. The quantitative estimate of drug-likeness (QED) is 0.752. The van der Waals surface area contributed by atoms with Crippen molar-refractivity contribution in [2.75, 3.05) is 13.6 Å². The Labute approximate surface area is 93.2 Å². The molecular formula is C13H24N2. The average molecular weight is 208 g/mol. The molecule has 2 bridgehead atoms. The van der Waals surface area contributed by atoms with Gasteiger partial charge in [-0.3, -0.25) is 4.90 Å². The molecule has 2 nitrogen and oxygen atoms in total. The van der Waals surface area contributed by atoms with Gasteiger partial charge in [-0.2, -0.15) is 0 Å². The minimum absolute atomic E-state index is 0.341. The van der Waals surface area contributed by atoms with Crippen molar-refractivity contribution >= 4 is 0 Å². The third-order valence-corrected chi connectivity index (χ3v) is 5.21. The summed E-state index contributed by atoms with van der Waals surface area (Å²) in [4.78, 5) is 2.33. The van der Waals surface area contributed by atoms with Gasteiger partial charge in [-0.25, -0.2) is 0 Å². The third-order valence-electron chi connectivity index (χ3n) is 5.21. The van der Waals surface area contributed by atoms with Crippen molar-refractivity contribution in [3.63, 3.8) is 0 Å². The molecule has 0 aromatic heterocycles. The average Bonchev–Trinajstić information content (AvgIpc) is 2.84. The van der Waals surface area contributed by atoms with E-state index in [-0.39, 0.29) is 0 Å². The minimum Gasteiger partial charge on any atom is -0.316 e. The number of rotatable bonds is 2. The first kappa shape index (κ1) is 10.1. The van der Waals surface area contributed by atoms with Gasteiger partial charge in [-0.1, -0.05) is 6.42 Å². The van der Waals surface area contributed by atoms with Crippen LogP contribution < -0.4 is 5.73 Å². The third kappa shape index (κ3) is 1.83. The van der Waals surface area contributed by atoms with Crippen LogP contribution in [0, 0.1) is 23.7 Å². The molecule has 1 heterocycles. The van der Waals surface area contributed by atoms with E-state index in [1.807, 2.05) is 0 Å². The topological polar surface area (TPSA) is 29.3 Å². The van der Waals surface area contributed by atoms with Crippen LogP contribution in [0.5, 0.6) is 0 Å². The standard InChI is InChI=1S/C13H24N2/c1-15-8-10(7-13(15)14)6-12-5-9-2-3-11(12)4-9/h9-13H,2-8,14H2,1H3. The predicted octanol–water partition coefficient (Wildman–Crippen LogP) is 2.05. The van der Waals surface area contributed by atoms with Gasteiger partial charge >= 0.3 is 0 Å². The van der Waals surface area contributed by atoms with E-state index < -0.39 is 0 Å². The zero-order valence-electron chi connectivity index (χ0n) is 9.86. The molecule has 2 heteroatoms. The lowest BCUT2D eigenvalue weighted by atomic mass is 9.82. The van der Waals surface area contributed by atoms with Crippen molar-refractivity contribution in [2.45, 2.75) is 44.7 Å². The van der Waals surface area contributed by atoms with E-state index in [0.29, 0.717) is 6.17 Å². The van der Waals surface area contributed by atoms with Crippen LogP contribution in [0.25, 0.3) is 0 Å². The second kappa shape index (κ2) is 3.74. The van der Waals surface area contributed by atoms with Crippen molar-refractivity contribution in [1.82, 2.24) is 4.90 Å². The summed E-state index contributed by atoms with van der Waals surface area (Å²) in [7, 11) is 2.17. The molecule has 1 aliphatic heterocycles. The fourth-order valence-corrected chi connectivity index (χ4v) is 4.40. The zero-order chi connectivity index (χ0) is 10.4. The van der Waals surface area contributed by atoms with E-state index in [1.54, 1.807) is 12.8 Å². The number of hydrogen-bond acceptors (Lipinski definition) is 2. The molecular weight excluding hydrogens is 184 g/mol. The summed E-state index contributed by atoms with van der Waals surface area (Å²) in [6.45, 7) is 1.25. The van der Waals surface area contributed by atoms with Gasteiger partial charge in [0, 0.05) is 6.54 Å². The van der Waals surface area contributed by atoms with Crippen LogP contribution in [-0.2, 0) is 0 Å². The van der Waals surface area contributed by atoms with Gasteiger partial charge in [0.2, 0.25) is 0 Å². The Bertz CT molecular complexity index is 231. The summed E-state index contributed by atoms with van der Waals surface area (Å²) in [5.41, 5.74) is 6.04. The summed E-state index contributed by atoms with van der Waals surface area (Å²) in [6.07, 6.45) is 9.21. The monoisotopic (exact) mass is 208 g/mol. The Morgan fingerprint density at radius 2 is 2.07 bits per heavy atom. The summed E-state index contributed by atoms with van der Waals surface area (Å²) >= 11 is 0. The number of hydrogen-bond donors (Lipinski definition) is 1. The van der Waals surface area contributed by atoms with Crippen molar-refractivity contribution in [3.8, 4) is 0 Å². The van der Waals surface area contributed by atoms with Gasteiger partial charge in [0.25, 0.3) is 0 Å². The summed E-state index contributed by atoms with van der Waals surface area (Å²) in [5.74, 6) is 4.16. The second-order valence-corrected chi connectivity index (χ2v) is 6.28. The maximum atomic E-state index is 6.04. The summed E-state index contributed by atoms with van der Waals surface area (Å²) in [5, 5.41) is 0. The van der Waals surface area contributed by atoms with Crippen LogP contribution in [0.2, 0.25) is 0 Å². The van der Waals surface area contributed by atoms with Gasteiger partial charge < -0.3 is 5.73 Å². The molecule has 0 radical (unpaired) electrons. The molecule has 2 N–H and O–H groups in total. The molecule has 5 unspecified atom stereocenters. The maximum Gasteiger partial charge on any atom is 0.0572 e. The maximum absolute atomic E-state index is 6.04. The fraction of sp³-hybridized carbons (Fsp3) is 1.00. The SMILES string of the molecule is CN1CC(CC2CC3CCC2C3)CC1N. The first-order valence-corrected chi connectivity index (χ1v) is 6.68. The lowest BCUT2D eigenvalue weighted by molar-refractivity contribution is 0.264. The van der Waals surface area contributed by atoms with Gasteiger partial charge in [-0.05, 0) is 62.8 Å². The van der Waals surface area contributed by atoms with Crippen LogP contribution >= 0.6 is 0 Å². The van der Waals surface area contributed by atoms with Crippen LogP contribution in [-0.4, -0.2) is 24.7 Å². The number of nitrogens with two attached hydrogens (primary N) is 1. The van der Waals surface area contributed by atoms with Crippen LogP contribution in [0.15, 0.2) is 0 Å². The number of nitrogens with zero attached hydrogens (tertiary/aromatic N) is 1. The van der Waals surface area contributed by atoms with Gasteiger partial charge in [0.1, 0.15) is 0 Å². The summed E-state index contributed by atoms with van der Waals surface area (Å²) < 4.78 is 0. The molecule has 2 aliphatic carbocycles. The van der Waals surface area contributed by atoms with E-state index in [4.69, 9.17) is 5.73 Å². The van der Waals surface area contributed by atoms with Crippen LogP contribution in [0.3, 0.4) is 0 Å². The first-order valence-electron chi connectivity index (χ1n) is 6.68. The highest BCUT2D eigenvalue weighted by Gasteiger charge is 2.41. The van der Waals surface area contributed by atoms with Gasteiger partial charge in [0.05, 0.1) is 6.17 Å². The molecule has 86 valence electrons. The Kier molecular flexibility index (Phi) is 2.52. The molecule has 15 heavy (non-hydrogen) atoms. The molecule has 0 spiro atoms. The zero-order valence-corrected chi connectivity index (χ0v) is 9.86. The van der Waals surface area contributed by atoms with E-state index >= 15 is 0 Å². The molecule has 0 amide bonds. The van der Waals surface area contributed by atoms with Crippen molar-refractivity contribution < 1.29 is 0 Å². The molecule has 3 fully saturated rings. The molecule has 3 aliphatic rings. The minimum atomic E-state index is 0.341. The second-order valence-electron chi connectivity index (χ2n) is 6.28. The number of fused-ring (bicyclic) bond motifs is 2. The highest BCUT2D eigenvalue weighted by atomic mass is 15.2. The van der Waals surface area contributed by atoms with E-state index in [9.17, 15) is 0 Å². The predicted molar refractivity (Wildman–Crippen MR) is 62.3 cm³/mol. The Balaban J connectivity index is 1.54. The number of likely N-dealkylation sites (tertiary alicyclic amines) is 1. The van der Waals surface area contributed by atoms with Crippen molar-refractivity contribution in [3.05, 3.63) is 0 Å². The smallest absolute Gasteiger partial charge is 0.0572 e. The molecule has 3 rings (SSSR count). The van der Waals surface area contributed by atoms with E-state index in [0.717, 1.165) is 23.7 Å². The molecule has 1 saturated heterocycles. The highest BCUT2D eigenvalue weighted by molar-refractivity contribution is 4.92. The normalized spacial score (nSPS) is 50.4. The molecule has 0 aromatic carbocycles. The first-order chi connectivity index (χ1) is 7.22. The Hall–Kier alpha value is -0.0800. The summed E-state index contributed by atoms with van der Waals surface area (Å²) in [6, 6.07) is 0.